The number of hydrogen-bond acceptors (Lipinski definition) is 5. The quantitative estimate of drug-likeness (QED) is 0.781. The summed E-state index contributed by atoms with van der Waals surface area (Å²) >= 11 is 0. The van der Waals surface area contributed by atoms with Gasteiger partial charge in [0, 0.05) is 17.2 Å². The van der Waals surface area contributed by atoms with E-state index in [4.69, 9.17) is 4.74 Å². The van der Waals surface area contributed by atoms with Crippen molar-refractivity contribution in [3.63, 3.8) is 0 Å². The van der Waals surface area contributed by atoms with Gasteiger partial charge in [0.2, 0.25) is 0 Å². The third-order valence-corrected chi connectivity index (χ3v) is 6.41. The van der Waals surface area contributed by atoms with Crippen LogP contribution in [0.25, 0.3) is 0 Å². The van der Waals surface area contributed by atoms with Crippen LogP contribution >= 0.6 is 0 Å². The van der Waals surface area contributed by atoms with Gasteiger partial charge in [-0.3, -0.25) is 9.69 Å². The molecule has 0 aromatic heterocycles. The van der Waals surface area contributed by atoms with E-state index in [0.717, 1.165) is 24.1 Å². The minimum Gasteiger partial charge on any atom is -0.481 e. The smallest absolute Gasteiger partial charge is 0.196 e. The molecule has 0 amide bonds. The fraction of sp³-hybridized carbons (Fsp3) is 0.500. The van der Waals surface area contributed by atoms with E-state index in [2.05, 4.69) is 4.90 Å². The maximum Gasteiger partial charge on any atom is 0.196 e. The molecule has 1 aromatic rings. The number of hydrogen-bond donors (Lipinski definition) is 2. The Balaban J connectivity index is 1.89. The van der Waals surface area contributed by atoms with Gasteiger partial charge in [-0.25, -0.2) is 0 Å². The van der Waals surface area contributed by atoms with Crippen molar-refractivity contribution in [3.8, 4) is 5.75 Å². The van der Waals surface area contributed by atoms with Gasteiger partial charge in [-0.1, -0.05) is 12.1 Å². The monoisotopic (exact) mass is 313 g/mol. The first-order valence-electron chi connectivity index (χ1n) is 8.11. The van der Waals surface area contributed by atoms with Gasteiger partial charge in [-0.2, -0.15) is 0 Å². The average Bonchev–Trinajstić information content (AvgIpc) is 2.90. The maximum atomic E-state index is 12.5. The molecule has 2 aliphatic carbocycles. The Bertz CT molecular complexity index is 773. The number of likely N-dealkylation sites (tertiary alicyclic amines) is 1. The van der Waals surface area contributed by atoms with Gasteiger partial charge in [0.1, 0.15) is 11.4 Å². The van der Waals surface area contributed by atoms with E-state index in [1.165, 1.54) is 6.08 Å². The molecule has 1 aromatic carbocycles. The van der Waals surface area contributed by atoms with E-state index in [0.29, 0.717) is 17.7 Å². The summed E-state index contributed by atoms with van der Waals surface area (Å²) in [7, 11) is 2.03. The van der Waals surface area contributed by atoms with Crippen LogP contribution in [0.5, 0.6) is 5.75 Å². The van der Waals surface area contributed by atoms with Crippen molar-refractivity contribution in [2.24, 2.45) is 0 Å². The molecule has 23 heavy (non-hydrogen) atoms. The zero-order chi connectivity index (χ0) is 16.0. The highest BCUT2D eigenvalue weighted by Crippen LogP contribution is 2.62. The van der Waals surface area contributed by atoms with Crippen LogP contribution in [0, 0.1) is 0 Å². The van der Waals surface area contributed by atoms with Gasteiger partial charge in [0.05, 0.1) is 12.0 Å². The van der Waals surface area contributed by atoms with E-state index in [9.17, 15) is 15.0 Å². The predicted molar refractivity (Wildman–Crippen MR) is 82.3 cm³/mol. The van der Waals surface area contributed by atoms with Crippen LogP contribution < -0.4 is 4.74 Å². The second kappa shape index (κ2) is 4.04. The summed E-state index contributed by atoms with van der Waals surface area (Å²) in [5.41, 5.74) is 0.956. The lowest BCUT2D eigenvalue weighted by molar-refractivity contribution is -0.151. The Labute approximate surface area is 134 Å². The minimum absolute atomic E-state index is 0.0647. The van der Waals surface area contributed by atoms with Crippen LogP contribution in [0.15, 0.2) is 24.3 Å². The normalized spacial score (nSPS) is 40.0. The molecule has 1 fully saturated rings. The van der Waals surface area contributed by atoms with E-state index < -0.39 is 17.1 Å². The number of benzene rings is 1. The lowest BCUT2D eigenvalue weighted by Crippen LogP contribution is -2.74. The van der Waals surface area contributed by atoms with Crippen LogP contribution in [-0.2, 0) is 23.2 Å². The molecule has 0 radical (unpaired) electrons. The first-order chi connectivity index (χ1) is 11.0. The fourth-order valence-electron chi connectivity index (χ4n) is 5.32. The number of nitrogens with zero attached hydrogens (tertiary/aromatic N) is 1. The number of aliphatic hydroxyl groups excluding tert-OH is 1. The van der Waals surface area contributed by atoms with Crippen molar-refractivity contribution in [2.45, 2.75) is 42.6 Å². The molecule has 2 heterocycles. The number of rotatable bonds is 1. The summed E-state index contributed by atoms with van der Waals surface area (Å²) in [6.07, 6.45) is 3.88. The zero-order valence-electron chi connectivity index (χ0n) is 13.0. The third kappa shape index (κ3) is 1.30. The van der Waals surface area contributed by atoms with Gasteiger partial charge in [-0.05, 0) is 44.1 Å². The standard InChI is InChI=1S/C18H19NO4/c1-19-7-6-17-14-10-2-3-11(9-20)15(14)23-16(17)12(21)4-5-18(17,22)13(19)8-10/h2-5,13,16,20,22H,6-9H2,1H3/t13?,16-,17-,18+/m0/s1. The zero-order valence-corrected chi connectivity index (χ0v) is 13.0. The molecule has 1 spiro atoms. The van der Waals surface area contributed by atoms with Crippen molar-refractivity contribution < 1.29 is 19.7 Å². The van der Waals surface area contributed by atoms with E-state index in [1.54, 1.807) is 6.08 Å². The van der Waals surface area contributed by atoms with Crippen molar-refractivity contribution in [1.29, 1.82) is 0 Å². The lowest BCUT2D eigenvalue weighted by Gasteiger charge is -2.60. The molecule has 2 bridgehead atoms. The van der Waals surface area contributed by atoms with E-state index in [-0.39, 0.29) is 18.4 Å². The second-order valence-electron chi connectivity index (χ2n) is 7.23. The lowest BCUT2D eigenvalue weighted by atomic mass is 9.51. The number of ether oxygens (including phenoxy) is 1. The summed E-state index contributed by atoms with van der Waals surface area (Å²) in [5, 5.41) is 21.3. The molecular weight excluding hydrogens is 294 g/mol. The average molecular weight is 313 g/mol. The van der Waals surface area contributed by atoms with Gasteiger partial charge >= 0.3 is 0 Å². The number of carbonyl (C=O) groups excluding carboxylic acids is 1. The molecule has 120 valence electrons. The number of aliphatic hydroxyl groups is 2. The van der Waals surface area contributed by atoms with Gasteiger partial charge < -0.3 is 14.9 Å². The van der Waals surface area contributed by atoms with Crippen molar-refractivity contribution >= 4 is 5.78 Å². The van der Waals surface area contributed by atoms with Crippen molar-refractivity contribution in [1.82, 2.24) is 4.90 Å². The van der Waals surface area contributed by atoms with Gasteiger partial charge in [0.15, 0.2) is 11.9 Å². The second-order valence-corrected chi connectivity index (χ2v) is 7.23. The molecule has 1 saturated heterocycles. The number of likely N-dealkylation sites (N-methyl/N-ethyl adjacent to an activating group) is 1. The highest BCUT2D eigenvalue weighted by molar-refractivity contribution is 5.98. The Morgan fingerprint density at radius 3 is 3.04 bits per heavy atom. The van der Waals surface area contributed by atoms with Crippen molar-refractivity contribution in [3.05, 3.63) is 41.0 Å². The third-order valence-electron chi connectivity index (χ3n) is 6.41. The Kier molecular flexibility index (Phi) is 2.41. The highest BCUT2D eigenvalue weighted by Gasteiger charge is 2.71. The highest BCUT2D eigenvalue weighted by atomic mass is 16.5. The maximum absolute atomic E-state index is 12.5. The fourth-order valence-corrected chi connectivity index (χ4v) is 5.32. The largest absolute Gasteiger partial charge is 0.481 e. The number of piperidine rings is 1. The first kappa shape index (κ1) is 13.7. The molecule has 0 saturated carbocycles. The molecule has 5 heteroatoms. The van der Waals surface area contributed by atoms with Crippen LogP contribution in [0.2, 0.25) is 0 Å². The van der Waals surface area contributed by atoms with Crippen LogP contribution in [-0.4, -0.2) is 52.2 Å². The predicted octanol–water partition coefficient (Wildman–Crippen LogP) is 0.308. The molecular formula is C18H19NO4. The molecule has 4 atom stereocenters. The Morgan fingerprint density at radius 1 is 1.43 bits per heavy atom. The van der Waals surface area contributed by atoms with Crippen LogP contribution in [0.4, 0.5) is 0 Å². The van der Waals surface area contributed by atoms with E-state index in [1.807, 2.05) is 19.2 Å². The van der Waals surface area contributed by atoms with Crippen molar-refractivity contribution in [2.75, 3.05) is 13.6 Å². The Morgan fingerprint density at radius 2 is 2.26 bits per heavy atom. The van der Waals surface area contributed by atoms with Gasteiger partial charge in [-0.15, -0.1) is 0 Å². The summed E-state index contributed by atoms with van der Waals surface area (Å²) in [6, 6.07) is 3.83. The molecule has 1 unspecified atom stereocenters. The molecule has 5 nitrogen and oxygen atoms in total. The van der Waals surface area contributed by atoms with Crippen LogP contribution in [0.3, 0.4) is 0 Å². The summed E-state index contributed by atoms with van der Waals surface area (Å²) in [5.74, 6) is 0.527. The number of carbonyl (C=O) groups is 1. The minimum atomic E-state index is -1.11. The topological polar surface area (TPSA) is 70.0 Å². The summed E-state index contributed by atoms with van der Waals surface area (Å²) in [4.78, 5) is 14.7. The SMILES string of the molecule is CN1CC[C@]23c4c5ccc(CO)c4O[C@H]2C(=O)C=C[C@@]3(O)C1C5. The molecule has 4 aliphatic rings. The summed E-state index contributed by atoms with van der Waals surface area (Å²) < 4.78 is 6.07. The molecule has 2 aliphatic heterocycles. The Hall–Kier alpha value is -1.69. The number of ketones is 1. The molecule has 5 rings (SSSR count). The molecule has 2 N–H and O–H groups in total. The first-order valence-corrected chi connectivity index (χ1v) is 8.11. The summed E-state index contributed by atoms with van der Waals surface area (Å²) in [6.45, 7) is 0.685. The van der Waals surface area contributed by atoms with Crippen LogP contribution in [0.1, 0.15) is 23.1 Å². The van der Waals surface area contributed by atoms with Gasteiger partial charge in [0.25, 0.3) is 0 Å². The van der Waals surface area contributed by atoms with E-state index >= 15 is 0 Å².